The van der Waals surface area contributed by atoms with Crippen LogP contribution >= 0.6 is 12.4 Å². The van der Waals surface area contributed by atoms with E-state index >= 15 is 0 Å². The number of anilines is 1. The van der Waals surface area contributed by atoms with Crippen molar-refractivity contribution in [2.24, 2.45) is 5.41 Å². The van der Waals surface area contributed by atoms with Gasteiger partial charge in [0.1, 0.15) is 0 Å². The molecule has 26 heavy (non-hydrogen) atoms. The monoisotopic (exact) mass is 393 g/mol. The fraction of sp³-hybridized carbons (Fsp3) is 0.529. The minimum atomic E-state index is -4.56. The average molecular weight is 394 g/mol. The van der Waals surface area contributed by atoms with Crippen molar-refractivity contribution in [1.29, 1.82) is 0 Å². The average Bonchev–Trinajstić information content (AvgIpc) is 2.99. The summed E-state index contributed by atoms with van der Waals surface area (Å²) in [5, 5.41) is 5.39. The zero-order valence-corrected chi connectivity index (χ0v) is 15.5. The Kier molecular flexibility index (Phi) is 7.46. The van der Waals surface area contributed by atoms with Crippen LogP contribution < -0.4 is 10.6 Å². The van der Waals surface area contributed by atoms with Crippen molar-refractivity contribution in [3.8, 4) is 0 Å². The molecule has 1 aliphatic heterocycles. The van der Waals surface area contributed by atoms with Crippen molar-refractivity contribution in [2.75, 3.05) is 31.5 Å². The molecule has 5 nitrogen and oxygen atoms in total. The van der Waals surface area contributed by atoms with Gasteiger partial charge in [-0.15, -0.1) is 12.4 Å². The lowest BCUT2D eigenvalue weighted by Gasteiger charge is -2.30. The molecule has 1 saturated heterocycles. The molecule has 1 unspecified atom stereocenters. The fourth-order valence-corrected chi connectivity index (χ4v) is 2.91. The molecule has 0 bridgehead atoms. The molecule has 2 amide bonds. The molecule has 2 N–H and O–H groups in total. The second-order valence-electron chi connectivity index (χ2n) is 6.40. The fourth-order valence-electron chi connectivity index (χ4n) is 2.91. The first kappa shape index (κ1) is 22.2. The summed E-state index contributed by atoms with van der Waals surface area (Å²) < 4.78 is 39.0. The predicted molar refractivity (Wildman–Crippen MR) is 95.2 cm³/mol. The molecule has 0 saturated carbocycles. The lowest BCUT2D eigenvalue weighted by molar-refractivity contribution is -0.142. The van der Waals surface area contributed by atoms with Crippen LogP contribution in [0.2, 0.25) is 0 Å². The van der Waals surface area contributed by atoms with Gasteiger partial charge in [0.15, 0.2) is 0 Å². The van der Waals surface area contributed by atoms with Crippen LogP contribution in [-0.2, 0) is 15.8 Å². The Morgan fingerprint density at radius 3 is 2.50 bits per heavy atom. The van der Waals surface area contributed by atoms with E-state index in [-0.39, 0.29) is 30.5 Å². The van der Waals surface area contributed by atoms with E-state index in [2.05, 4.69) is 10.6 Å². The van der Waals surface area contributed by atoms with E-state index in [9.17, 15) is 22.8 Å². The Morgan fingerprint density at radius 1 is 1.31 bits per heavy atom. The second kappa shape index (κ2) is 8.73. The zero-order valence-electron chi connectivity index (χ0n) is 14.7. The van der Waals surface area contributed by atoms with Crippen molar-refractivity contribution in [3.63, 3.8) is 0 Å². The maximum Gasteiger partial charge on any atom is 0.418 e. The van der Waals surface area contributed by atoms with Gasteiger partial charge in [-0.3, -0.25) is 9.59 Å². The Morgan fingerprint density at radius 2 is 1.96 bits per heavy atom. The molecular weight excluding hydrogens is 371 g/mol. The zero-order chi connectivity index (χ0) is 18.7. The number of amides is 2. The van der Waals surface area contributed by atoms with E-state index in [0.29, 0.717) is 19.5 Å². The molecule has 9 heteroatoms. The number of hydrogen-bond acceptors (Lipinski definition) is 3. The SMILES string of the molecule is CCN(CC(=O)Nc1ccccc1C(F)(F)F)C(=O)C1(C)CCNC1.Cl. The number of rotatable bonds is 5. The normalized spacial score (nSPS) is 19.6. The summed E-state index contributed by atoms with van der Waals surface area (Å²) in [4.78, 5) is 26.2. The van der Waals surface area contributed by atoms with Crippen molar-refractivity contribution in [1.82, 2.24) is 10.2 Å². The smallest absolute Gasteiger partial charge is 0.333 e. The van der Waals surface area contributed by atoms with Gasteiger partial charge in [-0.2, -0.15) is 13.2 Å². The van der Waals surface area contributed by atoms with E-state index in [4.69, 9.17) is 0 Å². The molecule has 1 aromatic rings. The molecule has 1 heterocycles. The van der Waals surface area contributed by atoms with E-state index in [0.717, 1.165) is 12.6 Å². The van der Waals surface area contributed by atoms with E-state index in [1.165, 1.54) is 23.1 Å². The number of para-hydroxylation sites is 1. The molecule has 0 radical (unpaired) electrons. The van der Waals surface area contributed by atoms with Crippen LogP contribution in [0, 0.1) is 5.41 Å². The topological polar surface area (TPSA) is 61.4 Å². The number of nitrogens with one attached hydrogen (secondary N) is 2. The number of halogens is 4. The second-order valence-corrected chi connectivity index (χ2v) is 6.40. The van der Waals surface area contributed by atoms with Crippen LogP contribution in [0.1, 0.15) is 25.8 Å². The maximum absolute atomic E-state index is 13.0. The van der Waals surface area contributed by atoms with Gasteiger partial charge < -0.3 is 15.5 Å². The molecule has 1 atom stereocenters. The Balaban J connectivity index is 0.00000338. The van der Waals surface area contributed by atoms with Gasteiger partial charge in [0.2, 0.25) is 11.8 Å². The number of alkyl halides is 3. The summed E-state index contributed by atoms with van der Waals surface area (Å²) in [6, 6.07) is 4.78. The largest absolute Gasteiger partial charge is 0.418 e. The lowest BCUT2D eigenvalue weighted by Crippen LogP contribution is -2.46. The first-order valence-electron chi connectivity index (χ1n) is 8.13. The Labute approximate surface area is 156 Å². The van der Waals surface area contributed by atoms with Crippen molar-refractivity contribution >= 4 is 29.9 Å². The summed E-state index contributed by atoms with van der Waals surface area (Å²) in [6.45, 7) is 4.85. The molecule has 0 spiro atoms. The van der Waals surface area contributed by atoms with Crippen molar-refractivity contribution in [2.45, 2.75) is 26.4 Å². The summed E-state index contributed by atoms with van der Waals surface area (Å²) in [7, 11) is 0. The molecule has 146 valence electrons. The van der Waals surface area contributed by atoms with E-state index < -0.39 is 23.1 Å². The Hall–Kier alpha value is -1.80. The highest BCUT2D eigenvalue weighted by molar-refractivity contribution is 5.96. The third-order valence-electron chi connectivity index (χ3n) is 4.39. The third kappa shape index (κ3) is 5.11. The highest BCUT2D eigenvalue weighted by Gasteiger charge is 2.39. The van der Waals surface area contributed by atoms with Crippen LogP contribution in [0.25, 0.3) is 0 Å². The highest BCUT2D eigenvalue weighted by Crippen LogP contribution is 2.34. The quantitative estimate of drug-likeness (QED) is 0.808. The predicted octanol–water partition coefficient (Wildman–Crippen LogP) is 2.91. The van der Waals surface area contributed by atoms with Crippen LogP contribution in [0.4, 0.5) is 18.9 Å². The van der Waals surface area contributed by atoms with Gasteiger partial charge in [0.05, 0.1) is 23.2 Å². The maximum atomic E-state index is 13.0. The third-order valence-corrected chi connectivity index (χ3v) is 4.39. The minimum absolute atomic E-state index is 0. The standard InChI is InChI=1S/C17H22F3N3O2.ClH/c1-3-23(15(25)16(2)8-9-21-11-16)10-14(24)22-13-7-5-4-6-12(13)17(18,19)20;/h4-7,21H,3,8-11H2,1-2H3,(H,22,24);1H. The molecular formula is C17H23ClF3N3O2. The van der Waals surface area contributed by atoms with Crippen molar-refractivity contribution in [3.05, 3.63) is 29.8 Å². The molecule has 2 rings (SSSR count). The van der Waals surface area contributed by atoms with Gasteiger partial charge in [-0.25, -0.2) is 0 Å². The lowest BCUT2D eigenvalue weighted by atomic mass is 9.88. The highest BCUT2D eigenvalue weighted by atomic mass is 35.5. The number of likely N-dealkylation sites (N-methyl/N-ethyl adjacent to an activating group) is 1. The Bertz CT molecular complexity index is 646. The van der Waals surface area contributed by atoms with Crippen LogP contribution in [0.15, 0.2) is 24.3 Å². The summed E-state index contributed by atoms with van der Waals surface area (Å²) in [6.07, 6.45) is -3.89. The number of hydrogen-bond donors (Lipinski definition) is 2. The summed E-state index contributed by atoms with van der Waals surface area (Å²) in [5.41, 5.74) is -1.80. The van der Waals surface area contributed by atoms with Crippen molar-refractivity contribution < 1.29 is 22.8 Å². The van der Waals surface area contributed by atoms with Crippen LogP contribution in [0.3, 0.4) is 0 Å². The van der Waals surface area contributed by atoms with Gasteiger partial charge >= 0.3 is 6.18 Å². The molecule has 0 aliphatic carbocycles. The first-order valence-corrected chi connectivity index (χ1v) is 8.13. The number of carbonyl (C=O) groups is 2. The number of carbonyl (C=O) groups excluding carboxylic acids is 2. The molecule has 1 aliphatic rings. The van der Waals surface area contributed by atoms with Crippen LogP contribution in [-0.4, -0.2) is 42.9 Å². The molecule has 1 aromatic carbocycles. The van der Waals surface area contributed by atoms with Gasteiger partial charge in [0.25, 0.3) is 0 Å². The summed E-state index contributed by atoms with van der Waals surface area (Å²) >= 11 is 0. The molecule has 1 fully saturated rings. The number of benzene rings is 1. The van der Waals surface area contributed by atoms with E-state index in [1.807, 2.05) is 6.92 Å². The van der Waals surface area contributed by atoms with Gasteiger partial charge in [-0.1, -0.05) is 12.1 Å². The van der Waals surface area contributed by atoms with E-state index in [1.54, 1.807) is 6.92 Å². The minimum Gasteiger partial charge on any atom is -0.333 e. The van der Waals surface area contributed by atoms with Gasteiger partial charge in [0, 0.05) is 13.1 Å². The molecule has 0 aromatic heterocycles. The summed E-state index contributed by atoms with van der Waals surface area (Å²) in [5.74, 6) is -0.819. The number of nitrogens with zero attached hydrogens (tertiary/aromatic N) is 1. The first-order chi connectivity index (χ1) is 11.7. The van der Waals surface area contributed by atoms with Crippen LogP contribution in [0.5, 0.6) is 0 Å². The van der Waals surface area contributed by atoms with Gasteiger partial charge in [-0.05, 0) is 38.9 Å².